The Morgan fingerprint density at radius 1 is 1.10 bits per heavy atom. The SMILES string of the molecule is C=c1c([N+](=O)[O-])c(C#N)c(C(=O)OC(C)=O)c2c1=Cc1cc([N+](=O)[O-])cc(C#N)c1-2. The van der Waals surface area contributed by atoms with E-state index in [0.717, 1.165) is 19.1 Å². The van der Waals surface area contributed by atoms with E-state index in [-0.39, 0.29) is 32.7 Å². The second-order valence-corrected chi connectivity index (χ2v) is 6.09. The number of esters is 2. The Labute approximate surface area is 166 Å². The van der Waals surface area contributed by atoms with Crippen molar-refractivity contribution in [2.45, 2.75) is 6.92 Å². The predicted molar refractivity (Wildman–Crippen MR) is 99.1 cm³/mol. The van der Waals surface area contributed by atoms with Crippen molar-refractivity contribution in [2.75, 3.05) is 0 Å². The molecule has 11 nitrogen and oxygen atoms in total. The first kappa shape index (κ1) is 19.9. The lowest BCUT2D eigenvalue weighted by atomic mass is 9.91. The number of rotatable bonds is 3. The highest BCUT2D eigenvalue weighted by molar-refractivity contribution is 6.08. The summed E-state index contributed by atoms with van der Waals surface area (Å²) in [7, 11) is 0. The van der Waals surface area contributed by atoms with Gasteiger partial charge in [0.05, 0.1) is 26.2 Å². The molecule has 3 rings (SSSR count). The van der Waals surface area contributed by atoms with Gasteiger partial charge in [0.1, 0.15) is 17.7 Å². The zero-order valence-electron chi connectivity index (χ0n) is 15.1. The van der Waals surface area contributed by atoms with Gasteiger partial charge in [-0.2, -0.15) is 10.5 Å². The molecule has 0 unspecified atom stereocenters. The van der Waals surface area contributed by atoms with E-state index in [0.29, 0.717) is 0 Å². The number of fused-ring (bicyclic) bond motifs is 3. The first-order chi connectivity index (χ1) is 14.1. The molecule has 0 bridgehead atoms. The second-order valence-electron chi connectivity index (χ2n) is 6.09. The molecule has 0 amide bonds. The Morgan fingerprint density at radius 3 is 2.27 bits per heavy atom. The number of non-ortho nitro benzene ring substituents is 1. The highest BCUT2D eigenvalue weighted by Crippen LogP contribution is 2.37. The average Bonchev–Trinajstić information content (AvgIpc) is 3.05. The van der Waals surface area contributed by atoms with Crippen LogP contribution in [0.1, 0.15) is 34.0 Å². The van der Waals surface area contributed by atoms with Gasteiger partial charge in [-0.05, 0) is 16.9 Å². The van der Waals surface area contributed by atoms with Gasteiger partial charge in [-0.3, -0.25) is 25.0 Å². The summed E-state index contributed by atoms with van der Waals surface area (Å²) in [5.74, 6) is -2.35. The molecule has 0 aliphatic heterocycles. The summed E-state index contributed by atoms with van der Waals surface area (Å²) in [5.41, 5.74) is -2.60. The van der Waals surface area contributed by atoms with Gasteiger partial charge in [0.2, 0.25) is 0 Å². The highest BCUT2D eigenvalue weighted by Gasteiger charge is 2.35. The third-order valence-corrected chi connectivity index (χ3v) is 4.39. The van der Waals surface area contributed by atoms with Crippen LogP contribution < -0.4 is 10.4 Å². The molecule has 0 fully saturated rings. The van der Waals surface area contributed by atoms with Crippen molar-refractivity contribution in [1.29, 1.82) is 10.5 Å². The number of nitriles is 2. The van der Waals surface area contributed by atoms with E-state index in [1.165, 1.54) is 6.08 Å². The lowest BCUT2D eigenvalue weighted by molar-refractivity contribution is -0.386. The largest absolute Gasteiger partial charge is 0.390 e. The van der Waals surface area contributed by atoms with Gasteiger partial charge < -0.3 is 4.74 Å². The van der Waals surface area contributed by atoms with Gasteiger partial charge in [0.15, 0.2) is 0 Å². The quantitative estimate of drug-likeness (QED) is 0.268. The Balaban J connectivity index is 2.58. The molecular weight excluding hydrogens is 396 g/mol. The number of nitrogens with zero attached hydrogens (tertiary/aromatic N) is 4. The predicted octanol–water partition coefficient (Wildman–Crippen LogP) is 1.17. The van der Waals surface area contributed by atoms with Gasteiger partial charge in [-0.1, -0.05) is 6.58 Å². The van der Waals surface area contributed by atoms with Crippen LogP contribution in [0.5, 0.6) is 0 Å². The number of benzene rings is 2. The van der Waals surface area contributed by atoms with Gasteiger partial charge in [-0.15, -0.1) is 0 Å². The monoisotopic (exact) mass is 404 g/mol. The molecule has 11 heteroatoms. The van der Waals surface area contributed by atoms with E-state index < -0.39 is 44.3 Å². The number of ether oxygens (including phenoxy) is 1. The van der Waals surface area contributed by atoms with Crippen LogP contribution in [0.2, 0.25) is 0 Å². The number of carbonyl (C=O) groups is 2. The molecular formula is C19H8N4O7. The zero-order chi connectivity index (χ0) is 22.3. The maximum Gasteiger partial charge on any atom is 0.348 e. The fraction of sp³-hybridized carbons (Fsp3) is 0.0526. The van der Waals surface area contributed by atoms with Crippen molar-refractivity contribution in [3.63, 3.8) is 0 Å². The fourth-order valence-electron chi connectivity index (χ4n) is 3.31. The molecule has 146 valence electrons. The normalized spacial score (nSPS) is 10.6. The van der Waals surface area contributed by atoms with Crippen molar-refractivity contribution in [3.05, 3.63) is 65.1 Å². The molecule has 0 N–H and O–H groups in total. The number of hydrogen-bond donors (Lipinski definition) is 0. The molecule has 30 heavy (non-hydrogen) atoms. The standard InChI is InChI=1S/C19H8N4O7/c1-8-13-5-10-3-12(22(26)27)4-11(6-20)15(10)16(13)17(19(25)30-9(2)24)14(7-21)18(8)23(28)29/h3-5H,1H2,2H3. The van der Waals surface area contributed by atoms with E-state index in [2.05, 4.69) is 11.3 Å². The molecule has 0 saturated heterocycles. The summed E-state index contributed by atoms with van der Waals surface area (Å²) in [6, 6.07) is 5.44. The van der Waals surface area contributed by atoms with Crippen LogP contribution in [0.25, 0.3) is 23.8 Å². The lowest BCUT2D eigenvalue weighted by Crippen LogP contribution is -2.31. The molecule has 0 spiro atoms. The van der Waals surface area contributed by atoms with Crippen molar-refractivity contribution < 1.29 is 24.2 Å². The summed E-state index contributed by atoms with van der Waals surface area (Å²) >= 11 is 0. The van der Waals surface area contributed by atoms with Gasteiger partial charge in [-0.25, -0.2) is 4.79 Å². The topological polar surface area (TPSA) is 177 Å². The van der Waals surface area contributed by atoms with Gasteiger partial charge in [0.25, 0.3) is 11.4 Å². The van der Waals surface area contributed by atoms with Crippen molar-refractivity contribution in [2.24, 2.45) is 0 Å². The van der Waals surface area contributed by atoms with Gasteiger partial charge in [0, 0.05) is 30.2 Å². The van der Waals surface area contributed by atoms with E-state index in [1.54, 1.807) is 12.1 Å². The van der Waals surface area contributed by atoms with Crippen molar-refractivity contribution >= 4 is 36.0 Å². The number of nitro benzene ring substituents is 2. The van der Waals surface area contributed by atoms with E-state index in [9.17, 15) is 40.3 Å². The van der Waals surface area contributed by atoms with Crippen LogP contribution in [0.4, 0.5) is 11.4 Å². The van der Waals surface area contributed by atoms with Crippen LogP contribution in [0, 0.1) is 42.9 Å². The maximum atomic E-state index is 12.6. The Kier molecular flexibility index (Phi) is 4.58. The summed E-state index contributed by atoms with van der Waals surface area (Å²) in [5, 5.41) is 41.6. The minimum absolute atomic E-state index is 0.0169. The number of hydrogen-bond acceptors (Lipinski definition) is 9. The smallest absolute Gasteiger partial charge is 0.348 e. The van der Waals surface area contributed by atoms with Crippen LogP contribution in [-0.4, -0.2) is 21.8 Å². The number of nitro groups is 2. The zero-order valence-corrected chi connectivity index (χ0v) is 15.1. The molecule has 1 aliphatic rings. The molecule has 0 heterocycles. The van der Waals surface area contributed by atoms with E-state index >= 15 is 0 Å². The van der Waals surface area contributed by atoms with Crippen LogP contribution >= 0.6 is 0 Å². The summed E-state index contributed by atoms with van der Waals surface area (Å²) in [6.45, 7) is 4.55. The molecule has 0 atom stereocenters. The first-order valence-corrected chi connectivity index (χ1v) is 8.03. The molecule has 0 aromatic heterocycles. The van der Waals surface area contributed by atoms with E-state index in [1.807, 2.05) is 0 Å². The third-order valence-electron chi connectivity index (χ3n) is 4.39. The molecule has 0 radical (unpaired) electrons. The Bertz CT molecular complexity index is 1410. The minimum atomic E-state index is -1.33. The van der Waals surface area contributed by atoms with Crippen molar-refractivity contribution in [3.8, 4) is 23.3 Å². The summed E-state index contributed by atoms with van der Waals surface area (Å²) in [4.78, 5) is 45.0. The molecule has 2 aromatic carbocycles. The Hall–Kier alpha value is -4.90. The lowest BCUT2D eigenvalue weighted by Gasteiger charge is -2.11. The summed E-state index contributed by atoms with van der Waals surface area (Å²) in [6.07, 6.45) is 1.29. The van der Waals surface area contributed by atoms with Gasteiger partial charge >= 0.3 is 11.9 Å². The molecule has 1 aliphatic carbocycles. The minimum Gasteiger partial charge on any atom is -0.390 e. The summed E-state index contributed by atoms with van der Waals surface area (Å²) < 4.78 is 4.55. The van der Waals surface area contributed by atoms with Crippen LogP contribution in [0.15, 0.2) is 12.1 Å². The van der Waals surface area contributed by atoms with E-state index in [4.69, 9.17) is 0 Å². The Morgan fingerprint density at radius 2 is 1.77 bits per heavy atom. The van der Waals surface area contributed by atoms with Crippen LogP contribution in [0.3, 0.4) is 0 Å². The maximum absolute atomic E-state index is 12.6. The molecule has 2 aromatic rings. The first-order valence-electron chi connectivity index (χ1n) is 8.03. The average molecular weight is 404 g/mol. The van der Waals surface area contributed by atoms with Crippen LogP contribution in [-0.2, 0) is 9.53 Å². The third kappa shape index (κ3) is 2.83. The number of carbonyl (C=O) groups excluding carboxylic acids is 2. The highest BCUT2D eigenvalue weighted by atomic mass is 16.6. The molecule has 0 saturated carbocycles. The fourth-order valence-corrected chi connectivity index (χ4v) is 3.31. The van der Waals surface area contributed by atoms with Crippen molar-refractivity contribution in [1.82, 2.24) is 0 Å². The second kappa shape index (κ2) is 6.92.